The molecule has 1 aromatic carbocycles. The van der Waals surface area contributed by atoms with Crippen LogP contribution in [0.3, 0.4) is 0 Å². The number of aromatic nitrogens is 2. The Hall–Kier alpha value is -1.68. The Morgan fingerprint density at radius 3 is 2.95 bits per heavy atom. The Balaban J connectivity index is 2.21. The first kappa shape index (κ1) is 13.7. The second-order valence-corrected chi connectivity index (χ2v) is 4.68. The molecular weight excluding hydrogens is 241 g/mol. The third-order valence-corrected chi connectivity index (χ3v) is 3.11. The average Bonchev–Trinajstić information content (AvgIpc) is 2.82. The van der Waals surface area contributed by atoms with Crippen molar-refractivity contribution in [2.24, 2.45) is 0 Å². The number of benzene rings is 1. The molecule has 4 heteroatoms. The largest absolute Gasteiger partial charge is 0.330 e. The second kappa shape index (κ2) is 6.48. The van der Waals surface area contributed by atoms with Crippen LogP contribution in [0.5, 0.6) is 0 Å². The summed E-state index contributed by atoms with van der Waals surface area (Å²) in [7, 11) is 1.89. The Labute approximate surface area is 113 Å². The summed E-state index contributed by atoms with van der Waals surface area (Å²) in [6.45, 7) is 3.41. The number of imidazole rings is 1. The molecule has 0 aliphatic rings. The minimum atomic E-state index is -0.156. The zero-order chi connectivity index (χ0) is 13.7. The van der Waals surface area contributed by atoms with Crippen LogP contribution < -0.4 is 5.32 Å². The van der Waals surface area contributed by atoms with Crippen molar-refractivity contribution in [2.75, 3.05) is 7.05 Å². The van der Waals surface area contributed by atoms with Crippen LogP contribution in [0.15, 0.2) is 30.6 Å². The molecule has 0 aliphatic heterocycles. The molecule has 1 N–H and O–H groups in total. The molecule has 0 bridgehead atoms. The number of hydrogen-bond donors (Lipinski definition) is 1. The van der Waals surface area contributed by atoms with Gasteiger partial charge in [0.1, 0.15) is 11.6 Å². The first-order valence-corrected chi connectivity index (χ1v) is 6.66. The van der Waals surface area contributed by atoms with E-state index in [9.17, 15) is 4.39 Å². The highest BCUT2D eigenvalue weighted by atomic mass is 19.1. The highest BCUT2D eigenvalue weighted by molar-refractivity contribution is 5.25. The minimum Gasteiger partial charge on any atom is -0.330 e. The summed E-state index contributed by atoms with van der Waals surface area (Å²) >= 11 is 0. The van der Waals surface area contributed by atoms with Gasteiger partial charge in [-0.1, -0.05) is 13.0 Å². The van der Waals surface area contributed by atoms with Gasteiger partial charge in [-0.3, -0.25) is 0 Å². The highest BCUT2D eigenvalue weighted by Gasteiger charge is 2.07. The van der Waals surface area contributed by atoms with E-state index in [4.69, 9.17) is 0 Å². The lowest BCUT2D eigenvalue weighted by atomic mass is 10.1. The monoisotopic (exact) mass is 261 g/mol. The molecule has 0 radical (unpaired) electrons. The predicted molar refractivity (Wildman–Crippen MR) is 74.5 cm³/mol. The van der Waals surface area contributed by atoms with Crippen molar-refractivity contribution in [3.05, 3.63) is 53.4 Å². The zero-order valence-electron chi connectivity index (χ0n) is 11.5. The fourth-order valence-electron chi connectivity index (χ4n) is 2.18. The molecule has 19 heavy (non-hydrogen) atoms. The third kappa shape index (κ3) is 3.41. The molecule has 1 aromatic heterocycles. The molecule has 0 saturated heterocycles. The summed E-state index contributed by atoms with van der Waals surface area (Å²) in [6.07, 6.45) is 5.65. The van der Waals surface area contributed by atoms with E-state index in [1.165, 1.54) is 0 Å². The van der Waals surface area contributed by atoms with Crippen molar-refractivity contribution in [1.29, 1.82) is 0 Å². The van der Waals surface area contributed by atoms with Crippen molar-refractivity contribution >= 4 is 0 Å². The van der Waals surface area contributed by atoms with E-state index < -0.39 is 0 Å². The van der Waals surface area contributed by atoms with E-state index in [2.05, 4.69) is 17.2 Å². The number of aryl methyl sites for hydroxylation is 1. The molecule has 1 heterocycles. The zero-order valence-corrected chi connectivity index (χ0v) is 11.5. The standard InChI is InChI=1S/C15H20FN3/c1-3-4-15-18-7-8-19(15)11-13-9-12(10-17-2)5-6-14(13)16/h5-9,17H,3-4,10-11H2,1-2H3. The summed E-state index contributed by atoms with van der Waals surface area (Å²) in [5.74, 6) is 0.858. The molecule has 2 aromatic rings. The number of halogens is 1. The molecule has 0 fully saturated rings. The van der Waals surface area contributed by atoms with Crippen LogP contribution in [0.25, 0.3) is 0 Å². The van der Waals surface area contributed by atoms with Gasteiger partial charge in [-0.05, 0) is 31.2 Å². The SMILES string of the molecule is CCCc1nccn1Cc1cc(CNC)ccc1F. The van der Waals surface area contributed by atoms with Crippen molar-refractivity contribution < 1.29 is 4.39 Å². The maximum atomic E-state index is 13.9. The van der Waals surface area contributed by atoms with Gasteiger partial charge in [-0.2, -0.15) is 0 Å². The number of nitrogens with zero attached hydrogens (tertiary/aromatic N) is 2. The smallest absolute Gasteiger partial charge is 0.128 e. The van der Waals surface area contributed by atoms with Crippen LogP contribution in [-0.2, 0) is 19.5 Å². The third-order valence-electron chi connectivity index (χ3n) is 3.11. The Bertz CT molecular complexity index is 534. The summed E-state index contributed by atoms with van der Waals surface area (Å²) in [6, 6.07) is 5.27. The van der Waals surface area contributed by atoms with Crippen LogP contribution in [0.1, 0.15) is 30.3 Å². The molecule has 3 nitrogen and oxygen atoms in total. The van der Waals surface area contributed by atoms with Crippen molar-refractivity contribution in [2.45, 2.75) is 32.9 Å². The Morgan fingerprint density at radius 1 is 1.37 bits per heavy atom. The van der Waals surface area contributed by atoms with Gasteiger partial charge in [-0.25, -0.2) is 9.37 Å². The summed E-state index contributed by atoms with van der Waals surface area (Å²) in [5.41, 5.74) is 1.80. The molecule has 0 saturated carbocycles. The second-order valence-electron chi connectivity index (χ2n) is 4.68. The van der Waals surface area contributed by atoms with Gasteiger partial charge in [0.15, 0.2) is 0 Å². The molecule has 0 amide bonds. The van der Waals surface area contributed by atoms with Gasteiger partial charge < -0.3 is 9.88 Å². The lowest BCUT2D eigenvalue weighted by Crippen LogP contribution is -2.09. The summed E-state index contributed by atoms with van der Waals surface area (Å²) < 4.78 is 15.9. The Kier molecular flexibility index (Phi) is 4.68. The molecule has 0 spiro atoms. The van der Waals surface area contributed by atoms with Gasteiger partial charge >= 0.3 is 0 Å². The number of hydrogen-bond acceptors (Lipinski definition) is 2. The van der Waals surface area contributed by atoms with E-state index in [1.54, 1.807) is 12.3 Å². The van der Waals surface area contributed by atoms with Crippen molar-refractivity contribution in [1.82, 2.24) is 14.9 Å². The Morgan fingerprint density at radius 2 is 2.21 bits per heavy atom. The summed E-state index contributed by atoms with van der Waals surface area (Å²) in [5, 5.41) is 3.08. The first-order chi connectivity index (χ1) is 9.24. The number of nitrogens with one attached hydrogen (secondary N) is 1. The van der Waals surface area contributed by atoms with Gasteiger partial charge in [0.25, 0.3) is 0 Å². The van der Waals surface area contributed by atoms with Crippen LogP contribution in [0, 0.1) is 5.82 Å². The van der Waals surface area contributed by atoms with E-state index in [-0.39, 0.29) is 5.82 Å². The first-order valence-electron chi connectivity index (χ1n) is 6.66. The fraction of sp³-hybridized carbons (Fsp3) is 0.400. The van der Waals surface area contributed by atoms with Gasteiger partial charge in [0.05, 0.1) is 6.54 Å². The molecule has 0 atom stereocenters. The highest BCUT2D eigenvalue weighted by Crippen LogP contribution is 2.14. The molecule has 0 unspecified atom stereocenters. The van der Waals surface area contributed by atoms with E-state index in [0.717, 1.165) is 30.8 Å². The van der Waals surface area contributed by atoms with Gasteiger partial charge in [-0.15, -0.1) is 0 Å². The predicted octanol–water partition coefficient (Wildman–Crippen LogP) is 2.74. The minimum absolute atomic E-state index is 0.156. The van der Waals surface area contributed by atoms with Crippen LogP contribution in [0.4, 0.5) is 4.39 Å². The maximum Gasteiger partial charge on any atom is 0.128 e. The average molecular weight is 261 g/mol. The molecular formula is C15H20FN3. The molecule has 2 rings (SSSR count). The molecule has 102 valence electrons. The van der Waals surface area contributed by atoms with E-state index >= 15 is 0 Å². The topological polar surface area (TPSA) is 29.9 Å². The quantitative estimate of drug-likeness (QED) is 0.866. The van der Waals surface area contributed by atoms with E-state index in [1.807, 2.05) is 29.9 Å². The lowest BCUT2D eigenvalue weighted by molar-refractivity contribution is 0.591. The van der Waals surface area contributed by atoms with Crippen LogP contribution in [0.2, 0.25) is 0 Å². The van der Waals surface area contributed by atoms with Crippen molar-refractivity contribution in [3.63, 3.8) is 0 Å². The van der Waals surface area contributed by atoms with Crippen molar-refractivity contribution in [3.8, 4) is 0 Å². The van der Waals surface area contributed by atoms with E-state index in [0.29, 0.717) is 12.1 Å². The summed E-state index contributed by atoms with van der Waals surface area (Å²) in [4.78, 5) is 4.32. The van der Waals surface area contributed by atoms with Gasteiger partial charge in [0.2, 0.25) is 0 Å². The molecule has 0 aliphatic carbocycles. The van der Waals surface area contributed by atoms with Crippen LogP contribution in [-0.4, -0.2) is 16.6 Å². The van der Waals surface area contributed by atoms with Crippen LogP contribution >= 0.6 is 0 Å². The number of rotatable bonds is 6. The normalized spacial score (nSPS) is 10.9. The van der Waals surface area contributed by atoms with Gasteiger partial charge in [0, 0.05) is 30.9 Å². The fourth-order valence-corrected chi connectivity index (χ4v) is 2.18. The maximum absolute atomic E-state index is 13.9. The lowest BCUT2D eigenvalue weighted by Gasteiger charge is -2.10.